The average molecular weight is 399 g/mol. The van der Waals surface area contributed by atoms with Crippen LogP contribution < -0.4 is 5.32 Å². The lowest BCUT2D eigenvalue weighted by Gasteiger charge is -2.12. The van der Waals surface area contributed by atoms with Gasteiger partial charge in [0.15, 0.2) is 6.61 Å². The number of aryl methyl sites for hydroxylation is 1. The molecular formula is C21H21NO7. The fraction of sp³-hybridized carbons (Fsp3) is 0.238. The fourth-order valence-corrected chi connectivity index (χ4v) is 2.55. The number of anilines is 1. The van der Waals surface area contributed by atoms with Gasteiger partial charge in [-0.25, -0.2) is 14.4 Å². The molecule has 0 radical (unpaired) electrons. The van der Waals surface area contributed by atoms with Gasteiger partial charge in [-0.15, -0.1) is 0 Å². The van der Waals surface area contributed by atoms with Crippen molar-refractivity contribution in [2.24, 2.45) is 0 Å². The molecule has 0 aromatic heterocycles. The molecule has 8 nitrogen and oxygen atoms in total. The molecule has 0 spiro atoms. The van der Waals surface area contributed by atoms with Crippen molar-refractivity contribution in [2.45, 2.75) is 13.8 Å². The van der Waals surface area contributed by atoms with Gasteiger partial charge in [0.25, 0.3) is 5.91 Å². The van der Waals surface area contributed by atoms with E-state index < -0.39 is 30.4 Å². The zero-order chi connectivity index (χ0) is 21.6. The Bertz CT molecular complexity index is 965. The van der Waals surface area contributed by atoms with E-state index in [1.54, 1.807) is 19.1 Å². The Morgan fingerprint density at radius 3 is 2.21 bits per heavy atom. The van der Waals surface area contributed by atoms with Crippen LogP contribution in [0.3, 0.4) is 0 Å². The van der Waals surface area contributed by atoms with Crippen LogP contribution in [0.5, 0.6) is 0 Å². The second-order valence-electron chi connectivity index (χ2n) is 6.12. The number of hydrogen-bond acceptors (Lipinski definition) is 7. The van der Waals surface area contributed by atoms with Crippen molar-refractivity contribution in [1.29, 1.82) is 0 Å². The average Bonchev–Trinajstić information content (AvgIpc) is 2.72. The molecule has 8 heteroatoms. The van der Waals surface area contributed by atoms with Crippen LogP contribution in [0.25, 0.3) is 0 Å². The van der Waals surface area contributed by atoms with Crippen molar-refractivity contribution in [3.8, 4) is 0 Å². The topological polar surface area (TPSA) is 108 Å². The number of methoxy groups -OCH3 is 2. The van der Waals surface area contributed by atoms with E-state index in [2.05, 4.69) is 14.8 Å². The summed E-state index contributed by atoms with van der Waals surface area (Å²) in [5.74, 6) is -2.67. The SMILES string of the molecule is COC(=O)c1ccc(C(=O)OC)c(NC(=O)COC(=O)c2cccc(C)c2C)c1. The van der Waals surface area contributed by atoms with E-state index in [1.807, 2.05) is 13.0 Å². The van der Waals surface area contributed by atoms with Gasteiger partial charge >= 0.3 is 17.9 Å². The van der Waals surface area contributed by atoms with Crippen molar-refractivity contribution in [3.05, 3.63) is 64.2 Å². The van der Waals surface area contributed by atoms with Crippen LogP contribution in [0.4, 0.5) is 5.69 Å². The lowest BCUT2D eigenvalue weighted by molar-refractivity contribution is -0.119. The maximum Gasteiger partial charge on any atom is 0.339 e. The highest BCUT2D eigenvalue weighted by molar-refractivity contribution is 6.04. The van der Waals surface area contributed by atoms with Gasteiger partial charge in [-0.05, 0) is 49.2 Å². The van der Waals surface area contributed by atoms with Crippen molar-refractivity contribution >= 4 is 29.5 Å². The summed E-state index contributed by atoms with van der Waals surface area (Å²) in [6.45, 7) is 3.07. The molecule has 2 aromatic rings. The summed E-state index contributed by atoms with van der Waals surface area (Å²) in [4.78, 5) is 48.1. The normalized spacial score (nSPS) is 10.1. The van der Waals surface area contributed by atoms with Gasteiger partial charge in [0.05, 0.1) is 36.6 Å². The van der Waals surface area contributed by atoms with Crippen LogP contribution in [-0.2, 0) is 19.0 Å². The molecule has 0 atom stereocenters. The zero-order valence-electron chi connectivity index (χ0n) is 16.5. The predicted octanol–water partition coefficient (Wildman–Crippen LogP) is 2.67. The minimum Gasteiger partial charge on any atom is -0.465 e. The first-order chi connectivity index (χ1) is 13.8. The molecule has 0 saturated carbocycles. The van der Waals surface area contributed by atoms with Crippen LogP contribution in [0.1, 0.15) is 42.2 Å². The minimum atomic E-state index is -0.705. The van der Waals surface area contributed by atoms with Crippen molar-refractivity contribution < 1.29 is 33.4 Å². The number of carbonyl (C=O) groups is 4. The number of benzene rings is 2. The van der Waals surface area contributed by atoms with Crippen LogP contribution in [0, 0.1) is 13.8 Å². The fourth-order valence-electron chi connectivity index (χ4n) is 2.55. The Balaban J connectivity index is 2.14. The molecule has 0 aliphatic heterocycles. The number of carbonyl (C=O) groups excluding carboxylic acids is 4. The molecule has 2 aromatic carbocycles. The maximum absolute atomic E-state index is 12.3. The highest BCUT2D eigenvalue weighted by atomic mass is 16.5. The first-order valence-corrected chi connectivity index (χ1v) is 8.62. The Morgan fingerprint density at radius 2 is 1.55 bits per heavy atom. The highest BCUT2D eigenvalue weighted by Gasteiger charge is 2.19. The molecule has 152 valence electrons. The van der Waals surface area contributed by atoms with E-state index in [1.165, 1.54) is 32.4 Å². The Kier molecular flexibility index (Phi) is 7.08. The summed E-state index contributed by atoms with van der Waals surface area (Å²) in [6, 6.07) is 9.17. The molecular weight excluding hydrogens is 378 g/mol. The van der Waals surface area contributed by atoms with Gasteiger partial charge in [0.2, 0.25) is 0 Å². The molecule has 0 heterocycles. The number of rotatable bonds is 6. The van der Waals surface area contributed by atoms with Crippen molar-refractivity contribution in [2.75, 3.05) is 26.1 Å². The molecule has 0 bridgehead atoms. The first kappa shape index (κ1) is 21.6. The Labute approximate surface area is 167 Å². The third-order valence-electron chi connectivity index (χ3n) is 4.28. The number of esters is 3. The van der Waals surface area contributed by atoms with Crippen LogP contribution in [0.2, 0.25) is 0 Å². The molecule has 1 N–H and O–H groups in total. The maximum atomic E-state index is 12.3. The molecule has 2 rings (SSSR count). The lowest BCUT2D eigenvalue weighted by atomic mass is 10.0. The van der Waals surface area contributed by atoms with E-state index in [4.69, 9.17) is 4.74 Å². The Hall–Kier alpha value is -3.68. The van der Waals surface area contributed by atoms with Gasteiger partial charge in [-0.2, -0.15) is 0 Å². The third kappa shape index (κ3) is 5.19. The molecule has 0 unspecified atom stereocenters. The van der Waals surface area contributed by atoms with Gasteiger partial charge in [-0.3, -0.25) is 4.79 Å². The molecule has 0 saturated heterocycles. The summed E-state index contributed by atoms with van der Waals surface area (Å²) >= 11 is 0. The van der Waals surface area contributed by atoms with E-state index >= 15 is 0 Å². The largest absolute Gasteiger partial charge is 0.465 e. The van der Waals surface area contributed by atoms with Crippen molar-refractivity contribution in [1.82, 2.24) is 0 Å². The molecule has 0 aliphatic rings. The third-order valence-corrected chi connectivity index (χ3v) is 4.28. The Morgan fingerprint density at radius 1 is 0.862 bits per heavy atom. The highest BCUT2D eigenvalue weighted by Crippen LogP contribution is 2.20. The summed E-state index contributed by atoms with van der Waals surface area (Å²) in [6.07, 6.45) is 0. The standard InChI is InChI=1S/C21H21NO7/c1-12-6-5-7-15(13(12)2)21(26)29-11-18(23)22-17-10-14(19(24)27-3)8-9-16(17)20(25)28-4/h5-10H,11H2,1-4H3,(H,22,23). The summed E-state index contributed by atoms with van der Waals surface area (Å²) < 4.78 is 14.4. The van der Waals surface area contributed by atoms with Crippen LogP contribution in [0.15, 0.2) is 36.4 Å². The predicted molar refractivity (Wildman–Crippen MR) is 104 cm³/mol. The minimum absolute atomic E-state index is 0.0348. The quantitative estimate of drug-likeness (QED) is 0.588. The van der Waals surface area contributed by atoms with Crippen LogP contribution >= 0.6 is 0 Å². The van der Waals surface area contributed by atoms with Gasteiger partial charge in [0, 0.05) is 0 Å². The van der Waals surface area contributed by atoms with Gasteiger partial charge in [0.1, 0.15) is 0 Å². The number of amides is 1. The molecule has 1 amide bonds. The number of ether oxygens (including phenoxy) is 3. The molecule has 0 fully saturated rings. The van der Waals surface area contributed by atoms with Gasteiger partial charge in [-0.1, -0.05) is 12.1 Å². The molecule has 29 heavy (non-hydrogen) atoms. The first-order valence-electron chi connectivity index (χ1n) is 8.62. The van der Waals surface area contributed by atoms with Gasteiger partial charge < -0.3 is 19.5 Å². The number of nitrogens with one attached hydrogen (secondary N) is 1. The summed E-state index contributed by atoms with van der Waals surface area (Å²) in [7, 11) is 2.40. The monoisotopic (exact) mass is 399 g/mol. The van der Waals surface area contributed by atoms with E-state index in [-0.39, 0.29) is 16.8 Å². The van der Waals surface area contributed by atoms with E-state index in [0.717, 1.165) is 11.1 Å². The van der Waals surface area contributed by atoms with Crippen LogP contribution in [-0.4, -0.2) is 44.6 Å². The second-order valence-corrected chi connectivity index (χ2v) is 6.12. The second kappa shape index (κ2) is 9.50. The van der Waals surface area contributed by atoms with E-state index in [9.17, 15) is 19.2 Å². The smallest absolute Gasteiger partial charge is 0.339 e. The summed E-state index contributed by atoms with van der Waals surface area (Å²) in [5, 5.41) is 2.45. The van der Waals surface area contributed by atoms with Crippen molar-refractivity contribution in [3.63, 3.8) is 0 Å². The molecule has 0 aliphatic carbocycles. The zero-order valence-corrected chi connectivity index (χ0v) is 16.5. The van der Waals surface area contributed by atoms with E-state index in [0.29, 0.717) is 5.56 Å². The lowest BCUT2D eigenvalue weighted by Crippen LogP contribution is -2.23. The number of hydrogen-bond donors (Lipinski definition) is 1. The summed E-state index contributed by atoms with van der Waals surface area (Å²) in [5.41, 5.74) is 2.24.